The van der Waals surface area contributed by atoms with Crippen LogP contribution in [0, 0.1) is 0 Å². The highest BCUT2D eigenvalue weighted by Crippen LogP contribution is 2.41. The molecule has 4 nitrogen and oxygen atoms in total. The molecule has 0 aliphatic carbocycles. The van der Waals surface area contributed by atoms with Crippen molar-refractivity contribution in [1.82, 2.24) is 9.97 Å². The maximum Gasteiger partial charge on any atom is 0.161 e. The van der Waals surface area contributed by atoms with Gasteiger partial charge >= 0.3 is 0 Å². The summed E-state index contributed by atoms with van der Waals surface area (Å²) < 4.78 is 13.2. The summed E-state index contributed by atoms with van der Waals surface area (Å²) in [5.74, 6) is 0. The second-order valence-electron chi connectivity index (χ2n) is 12.5. The third-order valence-corrected chi connectivity index (χ3v) is 9.65. The molecule has 0 fully saturated rings. The topological polar surface area (TPSA) is 52.1 Å². The second-order valence-corrected chi connectivity index (χ2v) is 12.5. The quantitative estimate of drug-likeness (QED) is 0.188. The van der Waals surface area contributed by atoms with Gasteiger partial charge in [-0.3, -0.25) is 9.97 Å². The lowest BCUT2D eigenvalue weighted by atomic mass is 9.98. The average molecular weight is 641 g/mol. The van der Waals surface area contributed by atoms with Crippen LogP contribution in [0.1, 0.15) is 0 Å². The molecule has 0 saturated carbocycles. The zero-order valence-corrected chi connectivity index (χ0v) is 26.9. The molecule has 0 aliphatic rings. The fraction of sp³-hybridized carbons (Fsp3) is 0. The molecule has 0 unspecified atom stereocenters. The van der Waals surface area contributed by atoms with E-state index < -0.39 is 0 Å². The summed E-state index contributed by atoms with van der Waals surface area (Å²) >= 11 is 0. The number of pyridine rings is 2. The standard InChI is InChI=1S/C46H28N2O2/c1-3-9-31(10-4-1)35-13-7-15-39-41-45(49-43(35)39)37(25-27-47-41)33-21-17-29(18-22-33)30-19-23-34(24-20-30)38-26-28-48-42-40-16-8-14-36(44(40)50-46(38)42)32-11-5-2-6-12-32/h1-28H. The fourth-order valence-corrected chi connectivity index (χ4v) is 7.19. The Morgan fingerprint density at radius 1 is 0.280 bits per heavy atom. The molecule has 0 amide bonds. The van der Waals surface area contributed by atoms with Gasteiger partial charge in [0.1, 0.15) is 22.2 Å². The van der Waals surface area contributed by atoms with Crippen LogP contribution in [0.2, 0.25) is 0 Å². The fourth-order valence-electron chi connectivity index (χ4n) is 7.19. The first kappa shape index (κ1) is 28.3. The normalized spacial score (nSPS) is 11.6. The van der Waals surface area contributed by atoms with Crippen molar-refractivity contribution >= 4 is 44.1 Å². The Labute approximate surface area is 287 Å². The number of aromatic nitrogens is 2. The summed E-state index contributed by atoms with van der Waals surface area (Å²) in [5.41, 5.74) is 15.9. The SMILES string of the molecule is c1ccc(-c2cccc3c2oc2c(-c4ccc(-c5ccc(-c6ccnc7c6oc6c(-c8ccccc8)cccc67)cc5)cc4)ccnc23)cc1. The van der Waals surface area contributed by atoms with Crippen molar-refractivity contribution < 1.29 is 8.83 Å². The minimum Gasteiger partial charge on any atom is -0.453 e. The lowest BCUT2D eigenvalue weighted by Gasteiger charge is -2.07. The summed E-state index contributed by atoms with van der Waals surface area (Å²) in [6, 6.07) is 54.6. The molecular weight excluding hydrogens is 613 g/mol. The average Bonchev–Trinajstić information content (AvgIpc) is 3.78. The number of furan rings is 2. The van der Waals surface area contributed by atoms with E-state index in [-0.39, 0.29) is 0 Å². The molecule has 0 saturated heterocycles. The van der Waals surface area contributed by atoms with Gasteiger partial charge < -0.3 is 8.83 Å². The molecule has 0 atom stereocenters. The summed E-state index contributed by atoms with van der Waals surface area (Å²) in [5, 5.41) is 2.04. The molecule has 6 aromatic carbocycles. The van der Waals surface area contributed by atoms with E-state index in [0.29, 0.717) is 0 Å². The third-order valence-electron chi connectivity index (χ3n) is 9.65. The van der Waals surface area contributed by atoms with Gasteiger partial charge in [0.05, 0.1) is 0 Å². The van der Waals surface area contributed by atoms with Gasteiger partial charge in [-0.05, 0) is 57.6 Å². The molecule has 4 heteroatoms. The Morgan fingerprint density at radius 2 is 0.640 bits per heavy atom. The largest absolute Gasteiger partial charge is 0.453 e. The first-order valence-electron chi connectivity index (χ1n) is 16.7. The number of rotatable bonds is 5. The van der Waals surface area contributed by atoms with Crippen molar-refractivity contribution in [2.75, 3.05) is 0 Å². The molecule has 10 rings (SSSR count). The lowest BCUT2D eigenvalue weighted by molar-refractivity contribution is 0.670. The molecule has 10 aromatic rings. The van der Waals surface area contributed by atoms with Crippen LogP contribution in [-0.4, -0.2) is 9.97 Å². The van der Waals surface area contributed by atoms with Crippen molar-refractivity contribution in [3.63, 3.8) is 0 Å². The molecule has 0 bridgehead atoms. The van der Waals surface area contributed by atoms with E-state index in [1.807, 2.05) is 36.7 Å². The van der Waals surface area contributed by atoms with Gasteiger partial charge in [-0.2, -0.15) is 0 Å². The predicted octanol–water partition coefficient (Wildman–Crippen LogP) is 12.6. The molecule has 0 radical (unpaired) electrons. The Morgan fingerprint density at radius 3 is 1.06 bits per heavy atom. The minimum absolute atomic E-state index is 0.799. The van der Waals surface area contributed by atoms with E-state index in [9.17, 15) is 0 Å². The zero-order valence-electron chi connectivity index (χ0n) is 26.9. The second kappa shape index (κ2) is 11.4. The van der Waals surface area contributed by atoms with Gasteiger partial charge in [-0.15, -0.1) is 0 Å². The zero-order chi connectivity index (χ0) is 33.0. The number of hydrogen-bond acceptors (Lipinski definition) is 4. The van der Waals surface area contributed by atoms with Gasteiger partial charge in [0.15, 0.2) is 11.2 Å². The molecule has 4 heterocycles. The van der Waals surface area contributed by atoms with Crippen molar-refractivity contribution in [2.45, 2.75) is 0 Å². The first-order valence-corrected chi connectivity index (χ1v) is 16.7. The lowest BCUT2D eigenvalue weighted by Crippen LogP contribution is -1.84. The number of para-hydroxylation sites is 2. The Bertz CT molecular complexity index is 2630. The third kappa shape index (κ3) is 4.54. The Balaban J connectivity index is 0.988. The predicted molar refractivity (Wildman–Crippen MR) is 204 cm³/mol. The summed E-state index contributed by atoms with van der Waals surface area (Å²) in [4.78, 5) is 9.47. The number of hydrogen-bond donors (Lipinski definition) is 0. The Hall–Kier alpha value is -6.78. The maximum absolute atomic E-state index is 6.60. The van der Waals surface area contributed by atoms with E-state index in [2.05, 4.69) is 133 Å². The smallest absolute Gasteiger partial charge is 0.161 e. The molecular formula is C46H28N2O2. The minimum atomic E-state index is 0.799. The van der Waals surface area contributed by atoms with Crippen molar-refractivity contribution in [3.05, 3.63) is 170 Å². The van der Waals surface area contributed by atoms with E-state index in [1.165, 1.54) is 0 Å². The summed E-state index contributed by atoms with van der Waals surface area (Å²) in [6.07, 6.45) is 3.74. The van der Waals surface area contributed by atoms with E-state index in [1.54, 1.807) is 0 Å². The van der Waals surface area contributed by atoms with E-state index in [4.69, 9.17) is 18.8 Å². The Kier molecular flexibility index (Phi) is 6.46. The van der Waals surface area contributed by atoms with E-state index in [0.717, 1.165) is 99.8 Å². The number of benzene rings is 6. The van der Waals surface area contributed by atoms with Crippen LogP contribution in [-0.2, 0) is 0 Å². The van der Waals surface area contributed by atoms with Crippen molar-refractivity contribution in [2.24, 2.45) is 0 Å². The highest BCUT2D eigenvalue weighted by Gasteiger charge is 2.18. The van der Waals surface area contributed by atoms with Crippen LogP contribution in [0.3, 0.4) is 0 Å². The van der Waals surface area contributed by atoms with Gasteiger partial charge in [0.25, 0.3) is 0 Å². The van der Waals surface area contributed by atoms with Crippen LogP contribution in [0.4, 0.5) is 0 Å². The maximum atomic E-state index is 6.60. The highest BCUT2D eigenvalue weighted by molar-refractivity contribution is 6.12. The van der Waals surface area contributed by atoms with Gasteiger partial charge in [0, 0.05) is 45.4 Å². The van der Waals surface area contributed by atoms with Gasteiger partial charge in [-0.1, -0.05) is 133 Å². The van der Waals surface area contributed by atoms with Crippen LogP contribution < -0.4 is 0 Å². The molecule has 234 valence electrons. The number of nitrogens with zero attached hydrogens (tertiary/aromatic N) is 2. The molecule has 0 N–H and O–H groups in total. The van der Waals surface area contributed by atoms with Crippen molar-refractivity contribution in [3.8, 4) is 55.6 Å². The molecule has 50 heavy (non-hydrogen) atoms. The molecule has 4 aromatic heterocycles. The molecule has 0 aliphatic heterocycles. The van der Waals surface area contributed by atoms with Crippen molar-refractivity contribution in [1.29, 1.82) is 0 Å². The van der Waals surface area contributed by atoms with Crippen LogP contribution in [0.15, 0.2) is 179 Å². The van der Waals surface area contributed by atoms with Gasteiger partial charge in [-0.25, -0.2) is 0 Å². The van der Waals surface area contributed by atoms with Crippen LogP contribution in [0.25, 0.3) is 99.8 Å². The van der Waals surface area contributed by atoms with Gasteiger partial charge in [0.2, 0.25) is 0 Å². The van der Waals surface area contributed by atoms with Crippen LogP contribution >= 0.6 is 0 Å². The van der Waals surface area contributed by atoms with E-state index >= 15 is 0 Å². The highest BCUT2D eigenvalue weighted by atomic mass is 16.3. The summed E-state index contributed by atoms with van der Waals surface area (Å²) in [6.45, 7) is 0. The first-order chi connectivity index (χ1) is 24.8. The number of fused-ring (bicyclic) bond motifs is 6. The molecule has 0 spiro atoms. The summed E-state index contributed by atoms with van der Waals surface area (Å²) in [7, 11) is 0. The van der Waals surface area contributed by atoms with Crippen LogP contribution in [0.5, 0.6) is 0 Å². The monoisotopic (exact) mass is 640 g/mol.